The molecule has 1 heterocycles. The number of nitrogens with zero attached hydrogens (tertiary/aromatic N) is 2. The van der Waals surface area contributed by atoms with E-state index in [0.29, 0.717) is 17.9 Å². The molecule has 0 aliphatic carbocycles. The number of rotatable bonds is 3. The van der Waals surface area contributed by atoms with Crippen molar-refractivity contribution >= 4 is 27.5 Å². The van der Waals surface area contributed by atoms with Crippen LogP contribution in [-0.2, 0) is 4.79 Å². The summed E-state index contributed by atoms with van der Waals surface area (Å²) >= 11 is 3.44. The number of carbonyl (C=O) groups excluding carboxylic acids is 1. The molecule has 1 aromatic carbocycles. The summed E-state index contributed by atoms with van der Waals surface area (Å²) in [5.74, 6) is 0.157. The van der Waals surface area contributed by atoms with Crippen LogP contribution in [0.1, 0.15) is 24.8 Å². The van der Waals surface area contributed by atoms with Gasteiger partial charge in [-0.05, 0) is 37.0 Å². The minimum absolute atomic E-state index is 0.224. The first-order chi connectivity index (χ1) is 9.10. The average Bonchev–Trinajstić information content (AvgIpc) is 2.39. The quantitative estimate of drug-likeness (QED) is 0.929. The minimum Gasteiger partial charge on any atom is -0.370 e. The number of nitrogens with two attached hydrogens (primary N) is 1. The van der Waals surface area contributed by atoms with Gasteiger partial charge in [0, 0.05) is 24.0 Å². The Labute approximate surface area is 121 Å². The molecule has 0 saturated carbocycles. The van der Waals surface area contributed by atoms with E-state index in [1.807, 2.05) is 18.2 Å². The van der Waals surface area contributed by atoms with E-state index in [-0.39, 0.29) is 5.91 Å². The van der Waals surface area contributed by atoms with Crippen molar-refractivity contribution in [1.82, 2.24) is 0 Å². The van der Waals surface area contributed by atoms with Gasteiger partial charge in [-0.15, -0.1) is 0 Å². The SMILES string of the molecule is N#Cc1ccc(Br)cc1N1CCC(CC(N)=O)CC1. The second-order valence-electron chi connectivity index (χ2n) is 4.87. The van der Waals surface area contributed by atoms with Crippen molar-refractivity contribution in [3.63, 3.8) is 0 Å². The monoisotopic (exact) mass is 321 g/mol. The Hall–Kier alpha value is -1.54. The van der Waals surface area contributed by atoms with E-state index in [1.165, 1.54) is 0 Å². The van der Waals surface area contributed by atoms with Crippen LogP contribution in [0.25, 0.3) is 0 Å². The van der Waals surface area contributed by atoms with Gasteiger partial charge >= 0.3 is 0 Å². The van der Waals surface area contributed by atoms with Gasteiger partial charge in [0.25, 0.3) is 0 Å². The van der Waals surface area contributed by atoms with Crippen molar-refractivity contribution in [1.29, 1.82) is 5.26 Å². The molecule has 1 aliphatic heterocycles. The van der Waals surface area contributed by atoms with Crippen LogP contribution >= 0.6 is 15.9 Å². The summed E-state index contributed by atoms with van der Waals surface area (Å²) in [6, 6.07) is 7.91. The zero-order chi connectivity index (χ0) is 13.8. The Balaban J connectivity index is 2.07. The lowest BCUT2D eigenvalue weighted by Gasteiger charge is -2.33. The highest BCUT2D eigenvalue weighted by molar-refractivity contribution is 9.10. The van der Waals surface area contributed by atoms with Gasteiger partial charge in [-0.25, -0.2) is 0 Å². The van der Waals surface area contributed by atoms with Crippen LogP contribution in [0, 0.1) is 17.2 Å². The Morgan fingerprint density at radius 1 is 1.47 bits per heavy atom. The number of hydrogen-bond donors (Lipinski definition) is 1. The third kappa shape index (κ3) is 3.48. The number of nitriles is 1. The molecule has 0 unspecified atom stereocenters. The van der Waals surface area contributed by atoms with E-state index < -0.39 is 0 Å². The van der Waals surface area contributed by atoms with E-state index in [9.17, 15) is 4.79 Å². The molecular formula is C14H16BrN3O. The highest BCUT2D eigenvalue weighted by atomic mass is 79.9. The number of anilines is 1. The van der Waals surface area contributed by atoms with Crippen LogP contribution in [0.15, 0.2) is 22.7 Å². The first-order valence-corrected chi connectivity index (χ1v) is 7.12. The fourth-order valence-corrected chi connectivity index (χ4v) is 2.87. The number of amides is 1. The van der Waals surface area contributed by atoms with Crippen LogP contribution < -0.4 is 10.6 Å². The molecule has 2 rings (SSSR count). The number of primary amides is 1. The third-order valence-corrected chi connectivity index (χ3v) is 4.02. The summed E-state index contributed by atoms with van der Waals surface area (Å²) in [7, 11) is 0. The second-order valence-corrected chi connectivity index (χ2v) is 5.79. The molecule has 2 N–H and O–H groups in total. The molecule has 0 aromatic heterocycles. The summed E-state index contributed by atoms with van der Waals surface area (Å²) in [4.78, 5) is 13.1. The Bertz CT molecular complexity index is 516. The van der Waals surface area contributed by atoms with E-state index >= 15 is 0 Å². The van der Waals surface area contributed by atoms with Crippen LogP contribution in [0.3, 0.4) is 0 Å². The van der Waals surface area contributed by atoms with Crippen molar-refractivity contribution in [3.8, 4) is 6.07 Å². The summed E-state index contributed by atoms with van der Waals surface area (Å²) in [5, 5.41) is 9.16. The standard InChI is InChI=1S/C14H16BrN3O/c15-12-2-1-11(9-16)13(8-12)18-5-3-10(4-6-18)7-14(17)19/h1-2,8,10H,3-7H2,(H2,17,19). The molecule has 1 aliphatic rings. The number of benzene rings is 1. The lowest BCUT2D eigenvalue weighted by Crippen LogP contribution is -2.35. The number of hydrogen-bond acceptors (Lipinski definition) is 3. The molecule has 5 heteroatoms. The van der Waals surface area contributed by atoms with Crippen molar-refractivity contribution in [3.05, 3.63) is 28.2 Å². The van der Waals surface area contributed by atoms with E-state index in [0.717, 1.165) is 36.1 Å². The number of halogens is 1. The third-order valence-electron chi connectivity index (χ3n) is 3.53. The molecule has 19 heavy (non-hydrogen) atoms. The van der Waals surface area contributed by atoms with E-state index in [1.54, 1.807) is 0 Å². The number of carbonyl (C=O) groups is 1. The molecule has 0 radical (unpaired) electrons. The van der Waals surface area contributed by atoms with Gasteiger partial charge in [-0.2, -0.15) is 5.26 Å². The molecule has 4 nitrogen and oxygen atoms in total. The highest BCUT2D eigenvalue weighted by Gasteiger charge is 2.22. The maximum Gasteiger partial charge on any atom is 0.217 e. The van der Waals surface area contributed by atoms with Gasteiger partial charge in [-0.1, -0.05) is 15.9 Å². The highest BCUT2D eigenvalue weighted by Crippen LogP contribution is 2.29. The smallest absolute Gasteiger partial charge is 0.217 e. The normalized spacial score (nSPS) is 16.1. The first-order valence-electron chi connectivity index (χ1n) is 6.33. The lowest BCUT2D eigenvalue weighted by atomic mass is 9.93. The molecule has 100 valence electrons. The van der Waals surface area contributed by atoms with Crippen LogP contribution in [0.4, 0.5) is 5.69 Å². The van der Waals surface area contributed by atoms with Crippen molar-refractivity contribution in [2.75, 3.05) is 18.0 Å². The van der Waals surface area contributed by atoms with Crippen molar-refractivity contribution < 1.29 is 4.79 Å². The Morgan fingerprint density at radius 2 is 2.16 bits per heavy atom. The van der Waals surface area contributed by atoms with Crippen LogP contribution in [0.5, 0.6) is 0 Å². The maximum absolute atomic E-state index is 10.9. The predicted molar refractivity (Wildman–Crippen MR) is 77.6 cm³/mol. The average molecular weight is 322 g/mol. The van der Waals surface area contributed by atoms with Gasteiger partial charge in [0.1, 0.15) is 6.07 Å². The van der Waals surface area contributed by atoms with Gasteiger partial charge in [-0.3, -0.25) is 4.79 Å². The first kappa shape index (κ1) is 13.9. The van der Waals surface area contributed by atoms with E-state index in [4.69, 9.17) is 11.0 Å². The number of piperidine rings is 1. The van der Waals surface area contributed by atoms with Crippen LogP contribution in [0.2, 0.25) is 0 Å². The molecule has 0 bridgehead atoms. The molecule has 1 aromatic rings. The predicted octanol–water partition coefficient (Wildman–Crippen LogP) is 2.41. The van der Waals surface area contributed by atoms with Gasteiger partial charge in [0.15, 0.2) is 0 Å². The molecular weight excluding hydrogens is 306 g/mol. The molecule has 1 amide bonds. The Kier molecular flexibility index (Phi) is 4.43. The molecule has 1 saturated heterocycles. The molecule has 0 atom stereocenters. The Morgan fingerprint density at radius 3 is 2.74 bits per heavy atom. The second kappa shape index (κ2) is 6.07. The lowest BCUT2D eigenvalue weighted by molar-refractivity contribution is -0.119. The fourth-order valence-electron chi connectivity index (χ4n) is 2.52. The van der Waals surface area contributed by atoms with Crippen molar-refractivity contribution in [2.24, 2.45) is 11.7 Å². The minimum atomic E-state index is -0.224. The summed E-state index contributed by atoms with van der Waals surface area (Å²) in [5.41, 5.74) is 6.89. The zero-order valence-electron chi connectivity index (χ0n) is 10.6. The summed E-state index contributed by atoms with van der Waals surface area (Å²) < 4.78 is 0.973. The van der Waals surface area contributed by atoms with Gasteiger partial charge < -0.3 is 10.6 Å². The van der Waals surface area contributed by atoms with Gasteiger partial charge in [0.05, 0.1) is 11.3 Å². The summed E-state index contributed by atoms with van der Waals surface area (Å²) in [6.07, 6.45) is 2.36. The van der Waals surface area contributed by atoms with Gasteiger partial charge in [0.2, 0.25) is 5.91 Å². The maximum atomic E-state index is 10.9. The van der Waals surface area contributed by atoms with E-state index in [2.05, 4.69) is 26.9 Å². The summed E-state index contributed by atoms with van der Waals surface area (Å²) in [6.45, 7) is 1.73. The largest absolute Gasteiger partial charge is 0.370 e. The molecule has 1 fully saturated rings. The molecule has 0 spiro atoms. The van der Waals surface area contributed by atoms with Crippen molar-refractivity contribution in [2.45, 2.75) is 19.3 Å². The fraction of sp³-hybridized carbons (Fsp3) is 0.429. The van der Waals surface area contributed by atoms with Crippen LogP contribution in [-0.4, -0.2) is 19.0 Å². The topological polar surface area (TPSA) is 70.1 Å². The zero-order valence-corrected chi connectivity index (χ0v) is 12.2.